The second-order valence-electron chi connectivity index (χ2n) is 3.48. The Bertz CT molecular complexity index is 447. The number of rotatable bonds is 5. The van der Waals surface area contributed by atoms with Gasteiger partial charge in [0.1, 0.15) is 12.4 Å². The number of alkyl halides is 3. The van der Waals surface area contributed by atoms with Crippen molar-refractivity contribution in [3.8, 4) is 0 Å². The molecular formula is C9H13F3N4O4. The second-order valence-corrected chi connectivity index (χ2v) is 3.48. The summed E-state index contributed by atoms with van der Waals surface area (Å²) >= 11 is 0. The van der Waals surface area contributed by atoms with Crippen molar-refractivity contribution in [2.45, 2.75) is 25.6 Å². The molecule has 0 saturated heterocycles. The molecule has 1 aromatic rings. The van der Waals surface area contributed by atoms with E-state index in [0.717, 1.165) is 12.8 Å². The number of aliphatic carboxylic acids is 1. The van der Waals surface area contributed by atoms with Gasteiger partial charge in [-0.1, -0.05) is 4.98 Å². The monoisotopic (exact) mass is 298 g/mol. The molecule has 0 aliphatic rings. The van der Waals surface area contributed by atoms with Gasteiger partial charge in [-0.3, -0.25) is 0 Å². The third kappa shape index (κ3) is 6.68. The molecule has 1 heterocycles. The van der Waals surface area contributed by atoms with E-state index >= 15 is 0 Å². The van der Waals surface area contributed by atoms with E-state index in [1.54, 1.807) is 6.20 Å². The summed E-state index contributed by atoms with van der Waals surface area (Å²) in [6.07, 6.45) is -0.335. The Balaban J connectivity index is 0.000000441. The van der Waals surface area contributed by atoms with E-state index in [1.165, 1.54) is 10.8 Å². The normalized spacial score (nSPS) is 10.6. The van der Waals surface area contributed by atoms with E-state index in [0.29, 0.717) is 13.1 Å². The van der Waals surface area contributed by atoms with Crippen LogP contribution >= 0.6 is 0 Å². The number of aromatic nitrogens is 2. The molecule has 3 N–H and O–H groups in total. The van der Waals surface area contributed by atoms with Crippen molar-refractivity contribution < 1.29 is 28.0 Å². The van der Waals surface area contributed by atoms with Gasteiger partial charge in [0.15, 0.2) is 0 Å². The zero-order valence-corrected chi connectivity index (χ0v) is 10.2. The highest BCUT2D eigenvalue weighted by Gasteiger charge is 2.38. The first kappa shape index (κ1) is 17.8. The van der Waals surface area contributed by atoms with Gasteiger partial charge in [-0.05, 0) is 24.3 Å². The molecule has 0 aliphatic heterocycles. The van der Waals surface area contributed by atoms with E-state index in [-0.39, 0.29) is 5.95 Å². The van der Waals surface area contributed by atoms with Gasteiger partial charge in [0.05, 0.1) is 6.54 Å². The first-order valence-electron chi connectivity index (χ1n) is 5.35. The number of halogens is 3. The second kappa shape index (κ2) is 8.09. The molecule has 0 spiro atoms. The van der Waals surface area contributed by atoms with Gasteiger partial charge in [0.25, 0.3) is 0 Å². The molecule has 0 radical (unpaired) electrons. The summed E-state index contributed by atoms with van der Waals surface area (Å²) in [5.41, 5.74) is 5.31. The number of nitrogens with two attached hydrogens (primary N) is 1. The minimum atomic E-state index is -5.08. The van der Waals surface area contributed by atoms with Crippen molar-refractivity contribution in [1.29, 1.82) is 0 Å². The van der Waals surface area contributed by atoms with Crippen LogP contribution in [0.3, 0.4) is 0 Å². The molecule has 0 amide bonds. The minimum Gasteiger partial charge on any atom is -0.475 e. The van der Waals surface area contributed by atoms with Crippen molar-refractivity contribution in [2.75, 3.05) is 6.54 Å². The lowest BCUT2D eigenvalue weighted by molar-refractivity contribution is -0.396. The quantitative estimate of drug-likeness (QED) is 0.477. The highest BCUT2D eigenvalue weighted by atomic mass is 19.4. The molecule has 20 heavy (non-hydrogen) atoms. The van der Waals surface area contributed by atoms with E-state index in [1.807, 2.05) is 0 Å². The van der Waals surface area contributed by atoms with Gasteiger partial charge in [-0.2, -0.15) is 13.2 Å². The number of unbranched alkanes of at least 4 members (excludes halogenated alkanes) is 1. The Kier molecular flexibility index (Phi) is 7.21. The standard InChI is InChI=1S/C7H12N4O2.C2HF3O2/c8-3-1-2-5-10-6-4-9-7(10)11(12)13;3-2(4,5)1(6)7/h4,6H,1-3,5,8H2;(H,6,7). The van der Waals surface area contributed by atoms with Crippen LogP contribution < -0.4 is 5.73 Å². The molecule has 1 rings (SSSR count). The summed E-state index contributed by atoms with van der Waals surface area (Å²) in [7, 11) is 0. The van der Waals surface area contributed by atoms with Crippen LogP contribution in [0, 0.1) is 10.1 Å². The van der Waals surface area contributed by atoms with E-state index in [4.69, 9.17) is 15.6 Å². The summed E-state index contributed by atoms with van der Waals surface area (Å²) < 4.78 is 33.3. The first-order valence-corrected chi connectivity index (χ1v) is 5.35. The molecule has 8 nitrogen and oxygen atoms in total. The molecule has 0 atom stereocenters. The van der Waals surface area contributed by atoms with Crippen molar-refractivity contribution in [3.05, 3.63) is 22.5 Å². The Labute approximate surface area is 111 Å². The highest BCUT2D eigenvalue weighted by molar-refractivity contribution is 5.73. The molecule has 114 valence electrons. The number of nitro groups is 1. The molecule has 11 heteroatoms. The third-order valence-corrected chi connectivity index (χ3v) is 1.95. The smallest absolute Gasteiger partial charge is 0.475 e. The van der Waals surface area contributed by atoms with Crippen molar-refractivity contribution >= 4 is 11.9 Å². The summed E-state index contributed by atoms with van der Waals surface area (Å²) in [5, 5.41) is 17.5. The zero-order chi connectivity index (χ0) is 15.8. The SMILES string of the molecule is NCCCCn1ccnc1[N+](=O)[O-].O=C(O)C(F)(F)F. The zero-order valence-electron chi connectivity index (χ0n) is 10.2. The maximum atomic E-state index is 10.6. The predicted molar refractivity (Wildman–Crippen MR) is 60.9 cm³/mol. The average Bonchev–Trinajstić information content (AvgIpc) is 2.77. The predicted octanol–water partition coefficient (Wildman–Crippen LogP) is 1.16. The maximum absolute atomic E-state index is 10.6. The van der Waals surface area contributed by atoms with Crippen LogP contribution in [0.25, 0.3) is 0 Å². The lowest BCUT2D eigenvalue weighted by Gasteiger charge is -1.99. The van der Waals surface area contributed by atoms with Crippen LogP contribution in [0.15, 0.2) is 12.4 Å². The molecular weight excluding hydrogens is 285 g/mol. The number of carbonyl (C=O) groups is 1. The van der Waals surface area contributed by atoms with Gasteiger partial charge in [0, 0.05) is 0 Å². The fourth-order valence-corrected chi connectivity index (χ4v) is 1.07. The van der Waals surface area contributed by atoms with E-state index < -0.39 is 17.1 Å². The number of hydrogen-bond acceptors (Lipinski definition) is 5. The first-order chi connectivity index (χ1) is 9.20. The summed E-state index contributed by atoms with van der Waals surface area (Å²) in [6, 6.07) is 0. The number of hydrogen-bond donors (Lipinski definition) is 2. The van der Waals surface area contributed by atoms with E-state index in [9.17, 15) is 23.3 Å². The summed E-state index contributed by atoms with van der Waals surface area (Å²) in [5.74, 6) is -2.86. The van der Waals surface area contributed by atoms with Crippen LogP contribution in [-0.4, -0.2) is 38.3 Å². The van der Waals surface area contributed by atoms with Crippen molar-refractivity contribution in [1.82, 2.24) is 9.55 Å². The number of aryl methyl sites for hydroxylation is 1. The number of carboxylic acid groups (broad SMARTS) is 1. The Hall–Kier alpha value is -2.17. The highest BCUT2D eigenvalue weighted by Crippen LogP contribution is 2.13. The molecule has 0 saturated carbocycles. The molecule has 0 unspecified atom stereocenters. The topological polar surface area (TPSA) is 124 Å². The lowest BCUT2D eigenvalue weighted by Crippen LogP contribution is -2.21. The van der Waals surface area contributed by atoms with Gasteiger partial charge in [0.2, 0.25) is 0 Å². The van der Waals surface area contributed by atoms with Crippen LogP contribution in [0.4, 0.5) is 19.1 Å². The fourth-order valence-electron chi connectivity index (χ4n) is 1.07. The van der Waals surface area contributed by atoms with Gasteiger partial charge >= 0.3 is 18.1 Å². The molecule has 0 aromatic carbocycles. The number of imidazole rings is 1. The fraction of sp³-hybridized carbons (Fsp3) is 0.556. The van der Waals surface area contributed by atoms with Gasteiger partial charge < -0.3 is 21.0 Å². The third-order valence-electron chi connectivity index (χ3n) is 1.95. The molecule has 0 fully saturated rings. The van der Waals surface area contributed by atoms with Crippen LogP contribution in [0.1, 0.15) is 12.8 Å². The maximum Gasteiger partial charge on any atom is 0.490 e. The van der Waals surface area contributed by atoms with Crippen molar-refractivity contribution in [2.24, 2.45) is 5.73 Å². The molecule has 1 aromatic heterocycles. The molecule has 0 bridgehead atoms. The Morgan fingerprint density at radius 1 is 1.50 bits per heavy atom. The minimum absolute atomic E-state index is 0.1000. The number of nitrogens with zero attached hydrogens (tertiary/aromatic N) is 3. The summed E-state index contributed by atoms with van der Waals surface area (Å²) in [6.45, 7) is 1.22. The molecule has 0 aliphatic carbocycles. The van der Waals surface area contributed by atoms with Gasteiger partial charge in [-0.15, -0.1) is 0 Å². The lowest BCUT2D eigenvalue weighted by atomic mass is 10.3. The summed E-state index contributed by atoms with van der Waals surface area (Å²) in [4.78, 5) is 22.5. The van der Waals surface area contributed by atoms with Crippen molar-refractivity contribution in [3.63, 3.8) is 0 Å². The van der Waals surface area contributed by atoms with Crippen LogP contribution in [0.5, 0.6) is 0 Å². The average molecular weight is 298 g/mol. The number of carboxylic acids is 1. The van der Waals surface area contributed by atoms with Gasteiger partial charge in [-0.25, -0.2) is 9.36 Å². The largest absolute Gasteiger partial charge is 0.490 e. The van der Waals surface area contributed by atoms with Crippen LogP contribution in [0.2, 0.25) is 0 Å². The van der Waals surface area contributed by atoms with Crippen LogP contribution in [-0.2, 0) is 11.3 Å². The van der Waals surface area contributed by atoms with E-state index in [2.05, 4.69) is 4.98 Å². The Morgan fingerprint density at radius 2 is 2.05 bits per heavy atom. The Morgan fingerprint density at radius 3 is 2.45 bits per heavy atom.